The van der Waals surface area contributed by atoms with E-state index in [0.29, 0.717) is 24.9 Å². The minimum atomic E-state index is -3.44. The number of nitrogens with one attached hydrogen (secondary N) is 1. The van der Waals surface area contributed by atoms with E-state index < -0.39 is 10.0 Å². The summed E-state index contributed by atoms with van der Waals surface area (Å²) in [6, 6.07) is 0. The number of sulfonamides is 1. The van der Waals surface area contributed by atoms with Crippen LogP contribution in [0.25, 0.3) is 0 Å². The lowest BCUT2D eigenvalue weighted by Crippen LogP contribution is -2.31. The molecule has 1 fully saturated rings. The Balaban J connectivity index is 1.95. The Morgan fingerprint density at radius 1 is 1.19 bits per heavy atom. The van der Waals surface area contributed by atoms with Crippen LogP contribution in [0.4, 0.5) is 11.9 Å². The van der Waals surface area contributed by atoms with Gasteiger partial charge < -0.3 is 10.2 Å². The van der Waals surface area contributed by atoms with Crippen LogP contribution in [0.15, 0.2) is 0 Å². The molecular formula is C11H19ClN6O2S. The van der Waals surface area contributed by atoms with Gasteiger partial charge in [-0.1, -0.05) is 0 Å². The van der Waals surface area contributed by atoms with Crippen molar-refractivity contribution in [2.45, 2.75) is 25.7 Å². The Morgan fingerprint density at radius 3 is 2.57 bits per heavy atom. The van der Waals surface area contributed by atoms with Crippen molar-refractivity contribution in [1.82, 2.24) is 15.0 Å². The van der Waals surface area contributed by atoms with E-state index in [1.165, 1.54) is 6.42 Å². The quantitative estimate of drug-likeness (QED) is 0.732. The van der Waals surface area contributed by atoms with Crippen molar-refractivity contribution in [3.63, 3.8) is 0 Å². The van der Waals surface area contributed by atoms with Crippen LogP contribution in [0, 0.1) is 0 Å². The lowest BCUT2D eigenvalue weighted by atomic mass is 10.1. The molecule has 0 spiro atoms. The van der Waals surface area contributed by atoms with Gasteiger partial charge in [0.05, 0.1) is 5.75 Å². The largest absolute Gasteiger partial charge is 0.354 e. The Hall–Kier alpha value is -1.19. The summed E-state index contributed by atoms with van der Waals surface area (Å²) in [5.41, 5.74) is 0. The molecule has 3 N–H and O–H groups in total. The van der Waals surface area contributed by atoms with Crippen LogP contribution < -0.4 is 15.4 Å². The van der Waals surface area contributed by atoms with Gasteiger partial charge in [0.1, 0.15) is 0 Å². The van der Waals surface area contributed by atoms with Crippen molar-refractivity contribution in [3.8, 4) is 0 Å². The van der Waals surface area contributed by atoms with Crippen LogP contribution in [0.1, 0.15) is 25.7 Å². The molecule has 1 aromatic rings. The highest BCUT2D eigenvalue weighted by atomic mass is 35.5. The maximum Gasteiger partial charge on any atom is 0.231 e. The van der Waals surface area contributed by atoms with Crippen LogP contribution in [0.2, 0.25) is 5.28 Å². The van der Waals surface area contributed by atoms with Gasteiger partial charge in [0.15, 0.2) is 0 Å². The van der Waals surface area contributed by atoms with Gasteiger partial charge in [0.25, 0.3) is 0 Å². The second kappa shape index (κ2) is 7.19. The summed E-state index contributed by atoms with van der Waals surface area (Å²) in [6.07, 6.45) is 3.82. The normalized spacial score (nSPS) is 16.0. The third kappa shape index (κ3) is 5.60. The van der Waals surface area contributed by atoms with E-state index in [-0.39, 0.29) is 11.0 Å². The Labute approximate surface area is 129 Å². The molecule has 1 saturated heterocycles. The summed E-state index contributed by atoms with van der Waals surface area (Å²) in [6.45, 7) is 2.21. The molecule has 1 aliphatic heterocycles. The Kier molecular flexibility index (Phi) is 5.54. The molecule has 0 bridgehead atoms. The van der Waals surface area contributed by atoms with Crippen LogP contribution in [-0.2, 0) is 10.0 Å². The number of piperidine rings is 1. The smallest absolute Gasteiger partial charge is 0.231 e. The van der Waals surface area contributed by atoms with Gasteiger partial charge in [-0.3, -0.25) is 0 Å². The topological polar surface area (TPSA) is 114 Å². The molecule has 1 aliphatic rings. The first-order valence-corrected chi connectivity index (χ1v) is 8.94. The van der Waals surface area contributed by atoms with Crippen LogP contribution >= 0.6 is 11.6 Å². The molecule has 0 amide bonds. The fraction of sp³-hybridized carbons (Fsp3) is 0.727. The number of halogens is 1. The molecule has 0 saturated carbocycles. The van der Waals surface area contributed by atoms with E-state index in [0.717, 1.165) is 25.9 Å². The minimum Gasteiger partial charge on any atom is -0.354 e. The van der Waals surface area contributed by atoms with Gasteiger partial charge in [-0.25, -0.2) is 13.6 Å². The number of hydrogen-bond donors (Lipinski definition) is 2. The zero-order valence-corrected chi connectivity index (χ0v) is 13.2. The van der Waals surface area contributed by atoms with Crippen LogP contribution in [0.5, 0.6) is 0 Å². The third-order valence-electron chi connectivity index (χ3n) is 3.12. The summed E-state index contributed by atoms with van der Waals surface area (Å²) in [5, 5.41) is 8.00. The average Bonchev–Trinajstić information content (AvgIpc) is 2.43. The molecule has 1 aromatic heterocycles. The molecule has 118 valence electrons. The molecule has 10 heteroatoms. The molecule has 0 aromatic carbocycles. The number of nitrogens with zero attached hydrogens (tertiary/aromatic N) is 4. The van der Waals surface area contributed by atoms with Gasteiger partial charge in [-0.15, -0.1) is 0 Å². The summed E-state index contributed by atoms with van der Waals surface area (Å²) < 4.78 is 21.7. The van der Waals surface area contributed by atoms with Gasteiger partial charge in [0, 0.05) is 19.6 Å². The minimum absolute atomic E-state index is 0.0855. The molecule has 2 rings (SSSR count). The van der Waals surface area contributed by atoms with Crippen LogP contribution in [-0.4, -0.2) is 48.8 Å². The maximum absolute atomic E-state index is 10.8. The second-order valence-corrected chi connectivity index (χ2v) is 7.00. The number of rotatable bonds is 6. The highest BCUT2D eigenvalue weighted by molar-refractivity contribution is 7.89. The number of anilines is 2. The monoisotopic (exact) mass is 334 g/mol. The Morgan fingerprint density at radius 2 is 1.90 bits per heavy atom. The number of hydrogen-bond acceptors (Lipinski definition) is 7. The zero-order valence-electron chi connectivity index (χ0n) is 11.6. The SMILES string of the molecule is NS(=O)(=O)CCCNc1nc(Cl)nc(N2CCCCC2)n1. The van der Waals surface area contributed by atoms with E-state index >= 15 is 0 Å². The van der Waals surface area contributed by atoms with E-state index in [2.05, 4.69) is 25.2 Å². The molecular weight excluding hydrogens is 316 g/mol. The van der Waals surface area contributed by atoms with E-state index in [1.807, 2.05) is 0 Å². The maximum atomic E-state index is 10.8. The molecule has 0 atom stereocenters. The van der Waals surface area contributed by atoms with Gasteiger partial charge >= 0.3 is 0 Å². The first-order valence-electron chi connectivity index (χ1n) is 6.85. The zero-order chi connectivity index (χ0) is 15.3. The first kappa shape index (κ1) is 16.2. The highest BCUT2D eigenvalue weighted by Crippen LogP contribution is 2.18. The highest BCUT2D eigenvalue weighted by Gasteiger charge is 2.15. The molecule has 8 nitrogen and oxygen atoms in total. The fourth-order valence-corrected chi connectivity index (χ4v) is 2.83. The van der Waals surface area contributed by atoms with E-state index in [9.17, 15) is 8.42 Å². The molecule has 21 heavy (non-hydrogen) atoms. The van der Waals surface area contributed by atoms with Crippen molar-refractivity contribution in [3.05, 3.63) is 5.28 Å². The summed E-state index contributed by atoms with van der Waals surface area (Å²) >= 11 is 5.91. The number of aromatic nitrogens is 3. The molecule has 0 unspecified atom stereocenters. The lowest BCUT2D eigenvalue weighted by Gasteiger charge is -2.26. The van der Waals surface area contributed by atoms with Gasteiger partial charge in [0.2, 0.25) is 27.2 Å². The predicted octanol–water partition coefficient (Wildman–Crippen LogP) is 0.606. The second-order valence-electron chi connectivity index (χ2n) is 4.92. The van der Waals surface area contributed by atoms with Gasteiger partial charge in [-0.05, 0) is 37.3 Å². The lowest BCUT2D eigenvalue weighted by molar-refractivity contribution is 0.567. The van der Waals surface area contributed by atoms with Crippen molar-refractivity contribution in [2.24, 2.45) is 5.14 Å². The van der Waals surface area contributed by atoms with Crippen LogP contribution in [0.3, 0.4) is 0 Å². The summed E-state index contributed by atoms with van der Waals surface area (Å²) in [4.78, 5) is 14.5. The van der Waals surface area contributed by atoms with Crippen molar-refractivity contribution >= 4 is 33.5 Å². The molecule has 0 aliphatic carbocycles. The van der Waals surface area contributed by atoms with E-state index in [1.54, 1.807) is 0 Å². The number of primary sulfonamides is 1. The molecule has 0 radical (unpaired) electrons. The van der Waals surface area contributed by atoms with Gasteiger partial charge in [-0.2, -0.15) is 15.0 Å². The van der Waals surface area contributed by atoms with Crippen molar-refractivity contribution < 1.29 is 8.42 Å². The summed E-state index contributed by atoms with van der Waals surface area (Å²) in [5.74, 6) is 0.825. The number of nitrogens with two attached hydrogens (primary N) is 1. The predicted molar refractivity (Wildman–Crippen MR) is 82.0 cm³/mol. The third-order valence-corrected chi connectivity index (χ3v) is 4.15. The van der Waals surface area contributed by atoms with Crippen molar-refractivity contribution in [1.29, 1.82) is 0 Å². The average molecular weight is 335 g/mol. The standard InChI is InChI=1S/C11H19ClN6O2S/c12-9-15-10(14-5-4-8-21(13,19)20)17-11(16-9)18-6-2-1-3-7-18/h1-8H2,(H2,13,19,20)(H,14,15,16,17). The van der Waals surface area contributed by atoms with Crippen molar-refractivity contribution in [2.75, 3.05) is 35.6 Å². The first-order chi connectivity index (χ1) is 9.94. The fourth-order valence-electron chi connectivity index (χ4n) is 2.13. The summed E-state index contributed by atoms with van der Waals surface area (Å²) in [7, 11) is -3.44. The Bertz CT molecular complexity index is 576. The van der Waals surface area contributed by atoms with E-state index in [4.69, 9.17) is 16.7 Å². The molecule has 2 heterocycles.